The smallest absolute Gasteiger partial charge is 0.227 e. The van der Waals surface area contributed by atoms with Crippen molar-refractivity contribution >= 4 is 22.4 Å². The van der Waals surface area contributed by atoms with Crippen LogP contribution in [0.5, 0.6) is 0 Å². The summed E-state index contributed by atoms with van der Waals surface area (Å²) in [6, 6.07) is 7.92. The first kappa shape index (κ1) is 12.2. The molecule has 98 valence electrons. The third kappa shape index (κ3) is 2.75. The van der Waals surface area contributed by atoms with Crippen LogP contribution in [0.2, 0.25) is 0 Å². The van der Waals surface area contributed by atoms with Gasteiger partial charge in [0.05, 0.1) is 0 Å². The largest absolute Gasteiger partial charge is 0.326 e. The van der Waals surface area contributed by atoms with Crippen LogP contribution in [0, 0.1) is 5.92 Å². The van der Waals surface area contributed by atoms with Crippen molar-refractivity contribution in [1.29, 1.82) is 0 Å². The fraction of sp³-hybridized carbons (Fsp3) is 0.375. The Balaban J connectivity index is 1.75. The monoisotopic (exact) mass is 254 g/mol. The minimum atomic E-state index is 0.174. The molecule has 1 aromatic carbocycles. The average Bonchev–Trinajstić information content (AvgIpc) is 2.48. The summed E-state index contributed by atoms with van der Waals surface area (Å²) in [4.78, 5) is 16.3. The molecule has 2 aromatic rings. The lowest BCUT2D eigenvalue weighted by atomic mass is 9.88. The van der Waals surface area contributed by atoms with Crippen LogP contribution in [0.1, 0.15) is 32.1 Å². The van der Waals surface area contributed by atoms with E-state index < -0.39 is 0 Å². The predicted molar refractivity (Wildman–Crippen MR) is 76.9 cm³/mol. The van der Waals surface area contributed by atoms with E-state index in [9.17, 15) is 4.79 Å². The van der Waals surface area contributed by atoms with Crippen LogP contribution < -0.4 is 5.32 Å². The fourth-order valence-electron chi connectivity index (χ4n) is 2.77. The number of anilines is 1. The number of carbonyl (C=O) groups excluding carboxylic acids is 1. The van der Waals surface area contributed by atoms with Gasteiger partial charge in [-0.3, -0.25) is 9.78 Å². The lowest BCUT2D eigenvalue weighted by Crippen LogP contribution is -2.24. The number of hydrogen-bond donors (Lipinski definition) is 1. The van der Waals surface area contributed by atoms with Gasteiger partial charge in [-0.05, 0) is 36.4 Å². The maximum atomic E-state index is 12.2. The highest BCUT2D eigenvalue weighted by molar-refractivity contribution is 5.95. The molecule has 1 N–H and O–H groups in total. The molecule has 0 radical (unpaired) electrons. The Morgan fingerprint density at radius 1 is 1.11 bits per heavy atom. The first-order chi connectivity index (χ1) is 9.33. The summed E-state index contributed by atoms with van der Waals surface area (Å²) in [7, 11) is 0. The number of benzene rings is 1. The third-order valence-electron chi connectivity index (χ3n) is 3.88. The number of amides is 1. The average molecular weight is 254 g/mol. The van der Waals surface area contributed by atoms with Crippen LogP contribution in [-0.4, -0.2) is 10.9 Å². The van der Waals surface area contributed by atoms with Crippen molar-refractivity contribution in [3.05, 3.63) is 36.7 Å². The quantitative estimate of drug-likeness (QED) is 0.886. The molecule has 1 amide bonds. The molecular weight excluding hydrogens is 236 g/mol. The van der Waals surface area contributed by atoms with Crippen molar-refractivity contribution in [2.75, 3.05) is 5.32 Å². The van der Waals surface area contributed by atoms with E-state index in [1.54, 1.807) is 6.20 Å². The van der Waals surface area contributed by atoms with Crippen molar-refractivity contribution in [1.82, 2.24) is 4.98 Å². The van der Waals surface area contributed by atoms with Crippen LogP contribution in [0.3, 0.4) is 0 Å². The number of aromatic nitrogens is 1. The van der Waals surface area contributed by atoms with Crippen LogP contribution in [0.15, 0.2) is 36.7 Å². The van der Waals surface area contributed by atoms with E-state index in [0.717, 1.165) is 29.3 Å². The SMILES string of the molecule is O=C(Nc1ccc2cnccc2c1)C1CCCCC1. The Morgan fingerprint density at radius 3 is 2.79 bits per heavy atom. The molecule has 3 rings (SSSR count). The molecule has 3 nitrogen and oxygen atoms in total. The molecule has 0 saturated heterocycles. The summed E-state index contributed by atoms with van der Waals surface area (Å²) in [5, 5.41) is 5.25. The molecule has 0 atom stereocenters. The highest BCUT2D eigenvalue weighted by Gasteiger charge is 2.20. The van der Waals surface area contributed by atoms with Gasteiger partial charge < -0.3 is 5.32 Å². The van der Waals surface area contributed by atoms with Gasteiger partial charge in [-0.2, -0.15) is 0 Å². The number of fused-ring (bicyclic) bond motifs is 1. The van der Waals surface area contributed by atoms with E-state index in [-0.39, 0.29) is 11.8 Å². The minimum Gasteiger partial charge on any atom is -0.326 e. The summed E-state index contributed by atoms with van der Waals surface area (Å²) >= 11 is 0. The zero-order valence-corrected chi connectivity index (χ0v) is 10.9. The number of rotatable bonds is 2. The molecule has 0 spiro atoms. The fourth-order valence-corrected chi connectivity index (χ4v) is 2.77. The number of nitrogens with zero attached hydrogens (tertiary/aromatic N) is 1. The van der Waals surface area contributed by atoms with Crippen molar-refractivity contribution in [3.8, 4) is 0 Å². The Labute approximate surface area is 113 Å². The Hall–Kier alpha value is -1.90. The first-order valence-electron chi connectivity index (χ1n) is 6.97. The molecular formula is C16H18N2O. The summed E-state index contributed by atoms with van der Waals surface area (Å²) in [6.07, 6.45) is 9.31. The molecule has 1 aromatic heterocycles. The van der Waals surface area contributed by atoms with Gasteiger partial charge in [0.25, 0.3) is 0 Å². The van der Waals surface area contributed by atoms with E-state index in [2.05, 4.69) is 10.3 Å². The summed E-state index contributed by atoms with van der Waals surface area (Å²) < 4.78 is 0. The second-order valence-electron chi connectivity index (χ2n) is 5.26. The lowest BCUT2D eigenvalue weighted by Gasteiger charge is -2.20. The predicted octanol–water partition coefficient (Wildman–Crippen LogP) is 3.75. The van der Waals surface area contributed by atoms with Crippen LogP contribution in [-0.2, 0) is 4.79 Å². The van der Waals surface area contributed by atoms with Gasteiger partial charge in [0.15, 0.2) is 0 Å². The third-order valence-corrected chi connectivity index (χ3v) is 3.88. The normalized spacial score (nSPS) is 16.4. The summed E-state index contributed by atoms with van der Waals surface area (Å²) in [5.74, 6) is 0.370. The maximum absolute atomic E-state index is 12.2. The highest BCUT2D eigenvalue weighted by Crippen LogP contribution is 2.25. The standard InChI is InChI=1S/C16H18N2O/c19-16(12-4-2-1-3-5-12)18-15-7-6-14-11-17-9-8-13(14)10-15/h6-12H,1-5H2,(H,18,19). The van der Waals surface area contributed by atoms with Gasteiger partial charge in [0, 0.05) is 29.4 Å². The van der Waals surface area contributed by atoms with Crippen molar-refractivity contribution in [2.24, 2.45) is 5.92 Å². The lowest BCUT2D eigenvalue weighted by molar-refractivity contribution is -0.120. The van der Waals surface area contributed by atoms with Gasteiger partial charge in [0.2, 0.25) is 5.91 Å². The molecule has 19 heavy (non-hydrogen) atoms. The highest BCUT2D eigenvalue weighted by atomic mass is 16.1. The molecule has 1 aliphatic rings. The minimum absolute atomic E-state index is 0.174. The van der Waals surface area contributed by atoms with Crippen LogP contribution in [0.25, 0.3) is 10.8 Å². The maximum Gasteiger partial charge on any atom is 0.227 e. The Kier molecular flexibility index (Phi) is 3.45. The van der Waals surface area contributed by atoms with Gasteiger partial charge in [-0.15, -0.1) is 0 Å². The molecule has 0 aliphatic heterocycles. The van der Waals surface area contributed by atoms with Gasteiger partial charge in [-0.25, -0.2) is 0 Å². The van der Waals surface area contributed by atoms with E-state index in [4.69, 9.17) is 0 Å². The van der Waals surface area contributed by atoms with Crippen molar-refractivity contribution in [3.63, 3.8) is 0 Å². The zero-order valence-electron chi connectivity index (χ0n) is 10.9. The second-order valence-corrected chi connectivity index (χ2v) is 5.26. The van der Waals surface area contributed by atoms with Crippen molar-refractivity contribution < 1.29 is 4.79 Å². The number of nitrogens with one attached hydrogen (secondary N) is 1. The topological polar surface area (TPSA) is 42.0 Å². The van der Waals surface area contributed by atoms with E-state index >= 15 is 0 Å². The van der Waals surface area contributed by atoms with Gasteiger partial charge >= 0.3 is 0 Å². The number of carbonyl (C=O) groups is 1. The molecule has 0 unspecified atom stereocenters. The molecule has 0 bridgehead atoms. The van der Waals surface area contributed by atoms with E-state index in [0.29, 0.717) is 0 Å². The van der Waals surface area contributed by atoms with Crippen molar-refractivity contribution in [2.45, 2.75) is 32.1 Å². The van der Waals surface area contributed by atoms with Gasteiger partial charge in [-0.1, -0.05) is 25.3 Å². The molecule has 1 heterocycles. The molecule has 1 saturated carbocycles. The zero-order chi connectivity index (χ0) is 13.1. The number of pyridine rings is 1. The van der Waals surface area contributed by atoms with E-state index in [1.165, 1.54) is 19.3 Å². The van der Waals surface area contributed by atoms with E-state index in [1.807, 2.05) is 30.5 Å². The second kappa shape index (κ2) is 5.39. The summed E-state index contributed by atoms with van der Waals surface area (Å²) in [5.41, 5.74) is 0.884. The van der Waals surface area contributed by atoms with Crippen LogP contribution >= 0.6 is 0 Å². The van der Waals surface area contributed by atoms with Gasteiger partial charge in [0.1, 0.15) is 0 Å². The molecule has 1 aliphatic carbocycles. The van der Waals surface area contributed by atoms with Crippen LogP contribution in [0.4, 0.5) is 5.69 Å². The first-order valence-corrected chi connectivity index (χ1v) is 6.97. The molecule has 3 heteroatoms. The Morgan fingerprint density at radius 2 is 1.95 bits per heavy atom. The molecule has 1 fully saturated rings. The summed E-state index contributed by atoms with van der Waals surface area (Å²) in [6.45, 7) is 0. The Bertz CT molecular complexity index is 588. The number of hydrogen-bond acceptors (Lipinski definition) is 2.